The van der Waals surface area contributed by atoms with Crippen molar-refractivity contribution in [2.75, 3.05) is 39.9 Å². The number of benzene rings is 1. The number of carbonyl (C=O) groups excluding carboxylic acids is 1. The van der Waals surface area contributed by atoms with Crippen LogP contribution >= 0.6 is 11.6 Å². The highest BCUT2D eigenvalue weighted by atomic mass is 35.5. The van der Waals surface area contributed by atoms with Gasteiger partial charge in [0.1, 0.15) is 5.82 Å². The first-order valence-corrected chi connectivity index (χ1v) is 7.44. The van der Waals surface area contributed by atoms with E-state index in [-0.39, 0.29) is 23.4 Å². The summed E-state index contributed by atoms with van der Waals surface area (Å²) in [6.07, 6.45) is 0. The van der Waals surface area contributed by atoms with E-state index in [1.165, 1.54) is 18.2 Å². The van der Waals surface area contributed by atoms with Gasteiger partial charge in [0.15, 0.2) is 0 Å². The Morgan fingerprint density at radius 3 is 2.95 bits per heavy atom. The molecule has 1 aromatic rings. The molecule has 2 saturated heterocycles. The Morgan fingerprint density at radius 2 is 2.14 bits per heavy atom. The average Bonchev–Trinajstić information content (AvgIpc) is 2.71. The molecule has 2 heterocycles. The summed E-state index contributed by atoms with van der Waals surface area (Å²) in [5, 5.41) is 0.367. The van der Waals surface area contributed by atoms with Crippen LogP contribution in [0, 0.1) is 11.7 Å². The second-order valence-electron chi connectivity index (χ2n) is 5.86. The second-order valence-corrected chi connectivity index (χ2v) is 6.30. The van der Waals surface area contributed by atoms with Crippen molar-refractivity contribution in [1.82, 2.24) is 9.80 Å². The van der Waals surface area contributed by atoms with E-state index in [0.717, 1.165) is 13.1 Å². The standard InChI is InChI=1S/C15H18ClFN2O2/c1-18-5-10-6-19(12(7-18)9-21-8-10)15(20)13-4-11(16)2-3-14(13)17/h2-4,10,12H,5-9H2,1H3/t10-,12-/m0/s1. The molecular formula is C15H18ClFN2O2. The maximum atomic E-state index is 13.9. The zero-order valence-corrected chi connectivity index (χ0v) is 12.6. The minimum absolute atomic E-state index is 0.0395. The highest BCUT2D eigenvalue weighted by molar-refractivity contribution is 6.31. The second kappa shape index (κ2) is 5.91. The molecule has 0 spiro atoms. The minimum atomic E-state index is -0.530. The van der Waals surface area contributed by atoms with E-state index >= 15 is 0 Å². The molecule has 0 unspecified atom stereocenters. The van der Waals surface area contributed by atoms with E-state index < -0.39 is 5.82 Å². The first-order valence-electron chi connectivity index (χ1n) is 7.07. The molecule has 21 heavy (non-hydrogen) atoms. The molecular weight excluding hydrogens is 295 g/mol. The summed E-state index contributed by atoms with van der Waals surface area (Å²) >= 11 is 5.90. The predicted molar refractivity (Wildman–Crippen MR) is 78.0 cm³/mol. The van der Waals surface area contributed by atoms with Crippen LogP contribution in [0.2, 0.25) is 5.02 Å². The van der Waals surface area contributed by atoms with Crippen LogP contribution in [-0.4, -0.2) is 61.6 Å². The van der Waals surface area contributed by atoms with Crippen molar-refractivity contribution in [2.24, 2.45) is 5.92 Å². The summed E-state index contributed by atoms with van der Waals surface area (Å²) in [6.45, 7) is 3.36. The number of halogens is 2. The lowest BCUT2D eigenvalue weighted by Crippen LogP contribution is -2.46. The SMILES string of the molecule is CN1C[C@@H]2COC[C@H](C1)N(C(=O)c1cc(Cl)ccc1F)C2. The van der Waals surface area contributed by atoms with Gasteiger partial charge in [0, 0.05) is 30.6 Å². The van der Waals surface area contributed by atoms with Crippen molar-refractivity contribution in [3.8, 4) is 0 Å². The maximum absolute atomic E-state index is 13.9. The van der Waals surface area contributed by atoms with E-state index in [9.17, 15) is 9.18 Å². The van der Waals surface area contributed by atoms with Crippen LogP contribution in [0.4, 0.5) is 4.39 Å². The molecule has 3 rings (SSSR count). The van der Waals surface area contributed by atoms with Crippen molar-refractivity contribution in [3.05, 3.63) is 34.6 Å². The molecule has 0 N–H and O–H groups in total. The van der Waals surface area contributed by atoms with Gasteiger partial charge in [-0.2, -0.15) is 0 Å². The molecule has 2 aliphatic heterocycles. The fourth-order valence-electron chi connectivity index (χ4n) is 3.14. The largest absolute Gasteiger partial charge is 0.379 e. The number of nitrogens with zero attached hydrogens (tertiary/aromatic N) is 2. The Bertz CT molecular complexity index is 554. The summed E-state index contributed by atoms with van der Waals surface area (Å²) in [7, 11) is 2.04. The van der Waals surface area contributed by atoms with Gasteiger partial charge in [-0.05, 0) is 25.2 Å². The van der Waals surface area contributed by atoms with Crippen LogP contribution in [-0.2, 0) is 4.74 Å². The first kappa shape index (κ1) is 14.8. The molecule has 1 aromatic carbocycles. The number of amides is 1. The van der Waals surface area contributed by atoms with Gasteiger partial charge in [0.2, 0.25) is 0 Å². The van der Waals surface area contributed by atoms with Crippen molar-refractivity contribution < 1.29 is 13.9 Å². The Morgan fingerprint density at radius 1 is 1.33 bits per heavy atom. The topological polar surface area (TPSA) is 32.8 Å². The summed E-state index contributed by atoms with van der Waals surface area (Å²) < 4.78 is 19.6. The maximum Gasteiger partial charge on any atom is 0.257 e. The Hall–Kier alpha value is -1.17. The first-order chi connectivity index (χ1) is 10.0. The number of fused-ring (bicyclic) bond motifs is 3. The smallest absolute Gasteiger partial charge is 0.257 e. The molecule has 0 saturated carbocycles. The van der Waals surface area contributed by atoms with Crippen molar-refractivity contribution in [3.63, 3.8) is 0 Å². The van der Waals surface area contributed by atoms with Crippen molar-refractivity contribution >= 4 is 17.5 Å². The average molecular weight is 313 g/mol. The molecule has 1 amide bonds. The lowest BCUT2D eigenvalue weighted by atomic mass is 10.1. The summed E-state index contributed by atoms with van der Waals surface area (Å²) in [4.78, 5) is 16.7. The number of hydrogen-bond acceptors (Lipinski definition) is 3. The minimum Gasteiger partial charge on any atom is -0.379 e. The highest BCUT2D eigenvalue weighted by Crippen LogP contribution is 2.23. The lowest BCUT2D eigenvalue weighted by molar-refractivity contribution is 0.0481. The third-order valence-electron chi connectivity index (χ3n) is 4.07. The van der Waals surface area contributed by atoms with Crippen LogP contribution in [0.5, 0.6) is 0 Å². The fraction of sp³-hybridized carbons (Fsp3) is 0.533. The Labute approximate surface area is 128 Å². The molecule has 114 valence electrons. The van der Waals surface area contributed by atoms with Crippen LogP contribution in [0.25, 0.3) is 0 Å². The zero-order chi connectivity index (χ0) is 15.0. The molecule has 0 aliphatic carbocycles. The molecule has 2 bridgehead atoms. The predicted octanol–water partition coefficient (Wildman–Crippen LogP) is 1.88. The third kappa shape index (κ3) is 3.05. The van der Waals surface area contributed by atoms with Crippen molar-refractivity contribution in [1.29, 1.82) is 0 Å². The number of carbonyl (C=O) groups is 1. The van der Waals surface area contributed by atoms with Gasteiger partial charge < -0.3 is 14.5 Å². The fourth-order valence-corrected chi connectivity index (χ4v) is 3.31. The van der Waals surface area contributed by atoms with E-state index in [1.807, 2.05) is 7.05 Å². The lowest BCUT2D eigenvalue weighted by Gasteiger charge is -2.29. The number of rotatable bonds is 1. The summed E-state index contributed by atoms with van der Waals surface area (Å²) in [6, 6.07) is 4.04. The Balaban J connectivity index is 1.91. The Kier molecular flexibility index (Phi) is 4.15. The van der Waals surface area contributed by atoms with Gasteiger partial charge in [-0.15, -0.1) is 0 Å². The van der Waals surface area contributed by atoms with E-state index in [2.05, 4.69) is 4.90 Å². The number of likely N-dealkylation sites (N-methyl/N-ethyl adjacent to an activating group) is 1. The molecule has 0 radical (unpaired) electrons. The zero-order valence-electron chi connectivity index (χ0n) is 11.9. The molecule has 4 nitrogen and oxygen atoms in total. The van der Waals surface area contributed by atoms with Gasteiger partial charge in [0.05, 0.1) is 24.8 Å². The van der Waals surface area contributed by atoms with Gasteiger partial charge in [0.25, 0.3) is 5.91 Å². The molecule has 0 aromatic heterocycles. The third-order valence-corrected chi connectivity index (χ3v) is 4.31. The molecule has 2 fully saturated rings. The molecule has 6 heteroatoms. The summed E-state index contributed by atoms with van der Waals surface area (Å²) in [5.74, 6) is -0.572. The van der Waals surface area contributed by atoms with E-state index in [4.69, 9.17) is 16.3 Å². The van der Waals surface area contributed by atoms with Crippen LogP contribution in [0.15, 0.2) is 18.2 Å². The normalized spacial score (nSPS) is 26.5. The van der Waals surface area contributed by atoms with Gasteiger partial charge >= 0.3 is 0 Å². The summed E-state index contributed by atoms with van der Waals surface area (Å²) in [5.41, 5.74) is 0.0395. The van der Waals surface area contributed by atoms with Crippen molar-refractivity contribution in [2.45, 2.75) is 6.04 Å². The van der Waals surface area contributed by atoms with Crippen LogP contribution in [0.1, 0.15) is 10.4 Å². The van der Waals surface area contributed by atoms with Crippen LogP contribution < -0.4 is 0 Å². The van der Waals surface area contributed by atoms with Gasteiger partial charge in [-0.3, -0.25) is 4.79 Å². The number of ether oxygens (including phenoxy) is 1. The van der Waals surface area contributed by atoms with Gasteiger partial charge in [-0.1, -0.05) is 11.6 Å². The monoisotopic (exact) mass is 312 g/mol. The van der Waals surface area contributed by atoms with E-state index in [1.54, 1.807) is 4.90 Å². The molecule has 2 atom stereocenters. The van der Waals surface area contributed by atoms with Gasteiger partial charge in [-0.25, -0.2) is 4.39 Å². The van der Waals surface area contributed by atoms with E-state index in [0.29, 0.717) is 24.8 Å². The molecule has 2 aliphatic rings. The van der Waals surface area contributed by atoms with Crippen LogP contribution in [0.3, 0.4) is 0 Å². The highest BCUT2D eigenvalue weighted by Gasteiger charge is 2.35. The number of hydrogen-bond donors (Lipinski definition) is 0. The quantitative estimate of drug-likeness (QED) is 0.794.